The molecule has 1 aliphatic heterocycles. The minimum absolute atomic E-state index is 0.0328. The maximum atomic E-state index is 12.2. The topological polar surface area (TPSA) is 58.2 Å². The molecule has 2 N–H and O–H groups in total. The summed E-state index contributed by atoms with van der Waals surface area (Å²) < 4.78 is 26.9. The van der Waals surface area contributed by atoms with Crippen LogP contribution in [0.3, 0.4) is 0 Å². The smallest absolute Gasteiger partial charge is 0.242 e. The van der Waals surface area contributed by atoms with Crippen LogP contribution in [-0.2, 0) is 10.0 Å². The molecule has 1 saturated heterocycles. The molecule has 1 heterocycles. The first-order valence-electron chi connectivity index (χ1n) is 6.14. The van der Waals surface area contributed by atoms with Gasteiger partial charge >= 0.3 is 0 Å². The number of halogens is 2. The van der Waals surface area contributed by atoms with E-state index < -0.39 is 10.0 Å². The van der Waals surface area contributed by atoms with Gasteiger partial charge in [0.15, 0.2) is 0 Å². The highest BCUT2D eigenvalue weighted by Gasteiger charge is 2.21. The third-order valence-corrected chi connectivity index (χ3v) is 5.28. The van der Waals surface area contributed by atoms with Gasteiger partial charge in [-0.05, 0) is 50.0 Å². The molecule has 0 bridgehead atoms. The SMILES string of the molecule is O=S(=O)(NC[C@@H]1CCCNC1)c1cc(Cl)ccc1Cl. The van der Waals surface area contributed by atoms with Gasteiger partial charge in [0.1, 0.15) is 4.90 Å². The molecule has 0 aliphatic carbocycles. The van der Waals surface area contributed by atoms with E-state index in [2.05, 4.69) is 10.0 Å². The van der Waals surface area contributed by atoms with Crippen LogP contribution < -0.4 is 10.0 Å². The summed E-state index contributed by atoms with van der Waals surface area (Å²) >= 11 is 11.7. The molecule has 106 valence electrons. The van der Waals surface area contributed by atoms with E-state index in [0.717, 1.165) is 25.9 Å². The van der Waals surface area contributed by atoms with Crippen molar-refractivity contribution < 1.29 is 8.42 Å². The molecule has 0 aromatic heterocycles. The molecule has 0 amide bonds. The predicted octanol–water partition coefficient (Wildman–Crippen LogP) is 2.27. The van der Waals surface area contributed by atoms with Crippen molar-refractivity contribution in [2.75, 3.05) is 19.6 Å². The van der Waals surface area contributed by atoms with E-state index in [1.54, 1.807) is 6.07 Å². The molecule has 0 radical (unpaired) electrons. The van der Waals surface area contributed by atoms with Crippen LogP contribution in [0.2, 0.25) is 10.0 Å². The Bertz CT molecular complexity index is 543. The number of hydrogen-bond donors (Lipinski definition) is 2. The summed E-state index contributed by atoms with van der Waals surface area (Å²) in [4.78, 5) is 0.0328. The van der Waals surface area contributed by atoms with Crippen molar-refractivity contribution in [2.45, 2.75) is 17.7 Å². The van der Waals surface area contributed by atoms with Crippen molar-refractivity contribution in [3.05, 3.63) is 28.2 Å². The molecule has 4 nitrogen and oxygen atoms in total. The average Bonchev–Trinajstić information content (AvgIpc) is 2.40. The third-order valence-electron chi connectivity index (χ3n) is 3.14. The molecule has 1 aromatic rings. The molecule has 0 unspecified atom stereocenters. The monoisotopic (exact) mass is 322 g/mol. The van der Waals surface area contributed by atoms with Crippen LogP contribution in [0.25, 0.3) is 0 Å². The van der Waals surface area contributed by atoms with Gasteiger partial charge in [-0.15, -0.1) is 0 Å². The van der Waals surface area contributed by atoms with E-state index in [4.69, 9.17) is 23.2 Å². The number of nitrogens with one attached hydrogen (secondary N) is 2. The summed E-state index contributed by atoms with van der Waals surface area (Å²) in [6.07, 6.45) is 2.10. The predicted molar refractivity (Wildman–Crippen MR) is 77.2 cm³/mol. The Labute approximate surface area is 123 Å². The molecular formula is C12H16Cl2N2O2S. The zero-order valence-corrected chi connectivity index (χ0v) is 12.7. The lowest BCUT2D eigenvalue weighted by Gasteiger charge is -2.22. The first-order valence-corrected chi connectivity index (χ1v) is 8.38. The number of hydrogen-bond acceptors (Lipinski definition) is 3. The molecule has 7 heteroatoms. The Balaban J connectivity index is 2.07. The maximum absolute atomic E-state index is 12.2. The van der Waals surface area contributed by atoms with Crippen molar-refractivity contribution in [1.82, 2.24) is 10.0 Å². The lowest BCUT2D eigenvalue weighted by atomic mass is 10.0. The molecule has 0 saturated carbocycles. The molecule has 1 fully saturated rings. The van der Waals surface area contributed by atoms with E-state index in [-0.39, 0.29) is 9.92 Å². The normalized spacial score (nSPS) is 20.4. The van der Waals surface area contributed by atoms with Crippen LogP contribution in [0.5, 0.6) is 0 Å². The van der Waals surface area contributed by atoms with Gasteiger partial charge in [0.05, 0.1) is 5.02 Å². The Hall–Kier alpha value is -0.330. The van der Waals surface area contributed by atoms with Gasteiger partial charge in [-0.2, -0.15) is 0 Å². The Kier molecular flexibility index (Phi) is 5.09. The minimum atomic E-state index is -3.61. The first-order chi connectivity index (χ1) is 8.99. The fourth-order valence-electron chi connectivity index (χ4n) is 2.09. The minimum Gasteiger partial charge on any atom is -0.316 e. The van der Waals surface area contributed by atoms with E-state index in [1.807, 2.05) is 0 Å². The molecular weight excluding hydrogens is 307 g/mol. The van der Waals surface area contributed by atoms with Gasteiger partial charge in [-0.3, -0.25) is 0 Å². The van der Waals surface area contributed by atoms with Crippen molar-refractivity contribution in [3.8, 4) is 0 Å². The Morgan fingerprint density at radius 2 is 2.16 bits per heavy atom. The molecule has 1 aromatic carbocycles. The van der Waals surface area contributed by atoms with Crippen molar-refractivity contribution in [1.29, 1.82) is 0 Å². The highest BCUT2D eigenvalue weighted by molar-refractivity contribution is 7.89. The summed E-state index contributed by atoms with van der Waals surface area (Å²) in [5, 5.41) is 3.78. The van der Waals surface area contributed by atoms with Gasteiger partial charge in [-0.1, -0.05) is 23.2 Å². The lowest BCUT2D eigenvalue weighted by molar-refractivity contribution is 0.376. The van der Waals surface area contributed by atoms with Crippen molar-refractivity contribution in [2.24, 2.45) is 5.92 Å². The van der Waals surface area contributed by atoms with Gasteiger partial charge in [0.25, 0.3) is 0 Å². The summed E-state index contributed by atoms with van der Waals surface area (Å²) in [7, 11) is -3.61. The molecule has 0 spiro atoms. The van der Waals surface area contributed by atoms with Crippen molar-refractivity contribution >= 4 is 33.2 Å². The second-order valence-corrected chi connectivity index (χ2v) is 7.22. The zero-order valence-electron chi connectivity index (χ0n) is 10.3. The second kappa shape index (κ2) is 6.41. The molecule has 2 rings (SSSR count). The summed E-state index contributed by atoms with van der Waals surface area (Å²) in [5.74, 6) is 0.321. The standard InChI is InChI=1S/C12H16Cl2N2O2S/c13-10-3-4-11(14)12(6-10)19(17,18)16-8-9-2-1-5-15-7-9/h3-4,6,9,15-16H,1-2,5,7-8H2/t9-/m1/s1. The number of benzene rings is 1. The maximum Gasteiger partial charge on any atom is 0.242 e. The van der Waals surface area contributed by atoms with Crippen molar-refractivity contribution in [3.63, 3.8) is 0 Å². The first kappa shape index (κ1) is 15.1. The van der Waals surface area contributed by atoms with E-state index in [0.29, 0.717) is 17.5 Å². The van der Waals surface area contributed by atoms with Crippen LogP contribution >= 0.6 is 23.2 Å². The van der Waals surface area contributed by atoms with Gasteiger partial charge in [0.2, 0.25) is 10.0 Å². The lowest BCUT2D eigenvalue weighted by Crippen LogP contribution is -2.38. The number of piperidine rings is 1. The average molecular weight is 323 g/mol. The fourth-order valence-corrected chi connectivity index (χ4v) is 3.96. The Morgan fingerprint density at radius 3 is 2.84 bits per heavy atom. The highest BCUT2D eigenvalue weighted by Crippen LogP contribution is 2.25. The van der Waals surface area contributed by atoms with Crippen LogP contribution in [0, 0.1) is 5.92 Å². The molecule has 1 aliphatic rings. The number of sulfonamides is 1. The van der Waals surface area contributed by atoms with Gasteiger partial charge in [-0.25, -0.2) is 13.1 Å². The zero-order chi connectivity index (χ0) is 13.9. The summed E-state index contributed by atoms with van der Waals surface area (Å²) in [6, 6.07) is 4.42. The summed E-state index contributed by atoms with van der Waals surface area (Å²) in [5.41, 5.74) is 0. The van der Waals surface area contributed by atoms with Gasteiger partial charge < -0.3 is 5.32 Å². The Morgan fingerprint density at radius 1 is 1.37 bits per heavy atom. The fraction of sp³-hybridized carbons (Fsp3) is 0.500. The van der Waals surface area contributed by atoms with Crippen LogP contribution in [0.15, 0.2) is 23.1 Å². The third kappa shape index (κ3) is 4.07. The second-order valence-electron chi connectivity index (χ2n) is 4.64. The quantitative estimate of drug-likeness (QED) is 0.894. The van der Waals surface area contributed by atoms with Crippen LogP contribution in [0.1, 0.15) is 12.8 Å². The van der Waals surface area contributed by atoms with Crippen LogP contribution in [0.4, 0.5) is 0 Å². The van der Waals surface area contributed by atoms with E-state index in [9.17, 15) is 8.42 Å². The molecule has 19 heavy (non-hydrogen) atoms. The van der Waals surface area contributed by atoms with Gasteiger partial charge in [0, 0.05) is 11.6 Å². The molecule has 1 atom stereocenters. The van der Waals surface area contributed by atoms with Crippen LogP contribution in [-0.4, -0.2) is 28.1 Å². The number of rotatable bonds is 4. The van der Waals surface area contributed by atoms with E-state index in [1.165, 1.54) is 12.1 Å². The highest BCUT2D eigenvalue weighted by atomic mass is 35.5. The largest absolute Gasteiger partial charge is 0.316 e. The van der Waals surface area contributed by atoms with E-state index >= 15 is 0 Å². The summed E-state index contributed by atoms with van der Waals surface area (Å²) in [6.45, 7) is 2.26.